The molecule has 1 aliphatic rings. The molecule has 1 aromatic heterocycles. The number of amides is 1. The summed E-state index contributed by atoms with van der Waals surface area (Å²) in [5.74, 6) is 0.535. The third kappa shape index (κ3) is 2.61. The van der Waals surface area contributed by atoms with Crippen molar-refractivity contribution in [2.24, 2.45) is 10.7 Å². The molecular formula is C13H17N3OS. The molecule has 1 aliphatic heterocycles. The second kappa shape index (κ2) is 5.35. The zero-order chi connectivity index (χ0) is 13.1. The summed E-state index contributed by atoms with van der Waals surface area (Å²) in [7, 11) is 1.82. The van der Waals surface area contributed by atoms with Gasteiger partial charge in [0.2, 0.25) is 5.91 Å². The van der Waals surface area contributed by atoms with Crippen LogP contribution in [0.5, 0.6) is 0 Å². The van der Waals surface area contributed by atoms with E-state index in [1.165, 1.54) is 0 Å². The molecule has 5 heteroatoms. The summed E-state index contributed by atoms with van der Waals surface area (Å²) in [4.78, 5) is 19.3. The number of hydrogen-bond donors (Lipinski definition) is 1. The minimum Gasteiger partial charge on any atom is -0.387 e. The Morgan fingerprint density at radius 1 is 1.61 bits per heavy atom. The highest BCUT2D eigenvalue weighted by molar-refractivity contribution is 7.11. The second-order valence-electron chi connectivity index (χ2n) is 4.35. The molecule has 0 unspecified atom stereocenters. The zero-order valence-electron chi connectivity index (χ0n) is 10.6. The Morgan fingerprint density at radius 2 is 2.39 bits per heavy atom. The lowest BCUT2D eigenvalue weighted by atomic mass is 10.1. The van der Waals surface area contributed by atoms with E-state index in [0.717, 1.165) is 23.5 Å². The number of carbonyl (C=O) groups excluding carboxylic acids is 1. The first-order valence-electron chi connectivity index (χ1n) is 5.98. The number of amidine groups is 1. The van der Waals surface area contributed by atoms with Crippen LogP contribution in [0, 0.1) is 0 Å². The molecule has 0 spiro atoms. The minimum atomic E-state index is 0.0382. The van der Waals surface area contributed by atoms with Crippen LogP contribution in [0.25, 0.3) is 6.08 Å². The molecule has 2 N–H and O–H groups in total. The highest BCUT2D eigenvalue weighted by Gasteiger charge is 2.19. The summed E-state index contributed by atoms with van der Waals surface area (Å²) >= 11 is 1.58. The van der Waals surface area contributed by atoms with Crippen LogP contribution in [-0.2, 0) is 4.79 Å². The molecular weight excluding hydrogens is 246 g/mol. The Bertz CT molecular complexity index is 516. The van der Waals surface area contributed by atoms with Gasteiger partial charge in [-0.1, -0.05) is 6.92 Å². The van der Waals surface area contributed by atoms with E-state index < -0.39 is 0 Å². The third-order valence-corrected chi connectivity index (χ3v) is 3.65. The standard InChI is InChI=1S/C13H17N3OS/c1-3-5-16(2)13(17)9-7-11-10(4-6-18-11)15-12(14)8-9/h4,6-7H,3,5,8H2,1-2H3,(H2,14,15). The summed E-state index contributed by atoms with van der Waals surface area (Å²) in [6.45, 7) is 2.81. The summed E-state index contributed by atoms with van der Waals surface area (Å²) in [6, 6.07) is 1.92. The molecule has 2 rings (SSSR count). The van der Waals surface area contributed by atoms with Crippen LogP contribution in [0.1, 0.15) is 24.6 Å². The number of thiophene rings is 1. The monoisotopic (exact) mass is 263 g/mol. The summed E-state index contributed by atoms with van der Waals surface area (Å²) in [6.07, 6.45) is 3.29. The highest BCUT2D eigenvalue weighted by Crippen LogP contribution is 2.31. The normalized spacial score (nSPS) is 14.3. The number of nitrogens with two attached hydrogens (primary N) is 1. The summed E-state index contributed by atoms with van der Waals surface area (Å²) in [5, 5.41) is 1.96. The van der Waals surface area contributed by atoms with E-state index in [1.807, 2.05) is 24.6 Å². The van der Waals surface area contributed by atoms with Gasteiger partial charge in [-0.3, -0.25) is 4.79 Å². The number of nitrogens with zero attached hydrogens (tertiary/aromatic N) is 2. The molecule has 0 radical (unpaired) electrons. The Balaban J connectivity index is 2.30. The predicted octanol–water partition coefficient (Wildman–Crippen LogP) is 2.39. The minimum absolute atomic E-state index is 0.0382. The van der Waals surface area contributed by atoms with Crippen molar-refractivity contribution >= 4 is 34.8 Å². The van der Waals surface area contributed by atoms with E-state index in [1.54, 1.807) is 16.2 Å². The van der Waals surface area contributed by atoms with E-state index >= 15 is 0 Å². The average molecular weight is 263 g/mol. The van der Waals surface area contributed by atoms with Crippen molar-refractivity contribution in [3.63, 3.8) is 0 Å². The Labute approximate surface area is 111 Å². The van der Waals surface area contributed by atoms with Crippen LogP contribution < -0.4 is 5.73 Å². The van der Waals surface area contributed by atoms with Gasteiger partial charge >= 0.3 is 0 Å². The lowest BCUT2D eigenvalue weighted by Crippen LogP contribution is -2.30. The van der Waals surface area contributed by atoms with E-state index in [-0.39, 0.29) is 5.91 Å². The average Bonchev–Trinajstić information content (AvgIpc) is 2.68. The third-order valence-electron chi connectivity index (χ3n) is 2.79. The van der Waals surface area contributed by atoms with Gasteiger partial charge in [-0.25, -0.2) is 4.99 Å². The molecule has 96 valence electrons. The fraction of sp³-hybridized carbons (Fsp3) is 0.385. The van der Waals surface area contributed by atoms with Gasteiger partial charge < -0.3 is 10.6 Å². The Hall–Kier alpha value is -1.62. The first kappa shape index (κ1) is 12.8. The number of rotatable bonds is 3. The van der Waals surface area contributed by atoms with Crippen molar-refractivity contribution in [3.8, 4) is 0 Å². The van der Waals surface area contributed by atoms with Gasteiger partial charge in [0, 0.05) is 25.6 Å². The number of likely N-dealkylation sites (N-methyl/N-ethyl adjacent to an activating group) is 1. The fourth-order valence-electron chi connectivity index (χ4n) is 1.93. The van der Waals surface area contributed by atoms with Crippen LogP contribution >= 0.6 is 11.3 Å². The molecule has 0 bridgehead atoms. The quantitative estimate of drug-likeness (QED) is 0.910. The number of hydrogen-bond acceptors (Lipinski definition) is 4. The number of fused-ring (bicyclic) bond motifs is 1. The fourth-order valence-corrected chi connectivity index (χ4v) is 2.72. The maximum absolute atomic E-state index is 12.3. The van der Waals surface area contributed by atoms with Crippen LogP contribution in [0.3, 0.4) is 0 Å². The van der Waals surface area contributed by atoms with Gasteiger partial charge in [-0.15, -0.1) is 11.3 Å². The van der Waals surface area contributed by atoms with E-state index in [0.29, 0.717) is 17.8 Å². The lowest BCUT2D eigenvalue weighted by molar-refractivity contribution is -0.125. The molecule has 0 aliphatic carbocycles. The van der Waals surface area contributed by atoms with Crippen molar-refractivity contribution < 1.29 is 4.79 Å². The molecule has 1 aromatic rings. The number of carbonyl (C=O) groups is 1. The van der Waals surface area contributed by atoms with Crippen LogP contribution in [-0.4, -0.2) is 30.2 Å². The van der Waals surface area contributed by atoms with Gasteiger partial charge in [0.25, 0.3) is 0 Å². The lowest BCUT2D eigenvalue weighted by Gasteiger charge is -2.17. The Kier molecular flexibility index (Phi) is 3.81. The largest absolute Gasteiger partial charge is 0.387 e. The van der Waals surface area contributed by atoms with Gasteiger partial charge in [-0.2, -0.15) is 0 Å². The van der Waals surface area contributed by atoms with Gasteiger partial charge in [0.05, 0.1) is 10.6 Å². The number of aliphatic imine (C=N–C) groups is 1. The van der Waals surface area contributed by atoms with E-state index in [9.17, 15) is 4.79 Å². The molecule has 0 saturated carbocycles. The van der Waals surface area contributed by atoms with Crippen molar-refractivity contribution in [1.29, 1.82) is 0 Å². The predicted molar refractivity (Wildman–Crippen MR) is 76.1 cm³/mol. The van der Waals surface area contributed by atoms with E-state index in [2.05, 4.69) is 11.9 Å². The maximum atomic E-state index is 12.3. The summed E-state index contributed by atoms with van der Waals surface area (Å²) < 4.78 is 0. The SMILES string of the molecule is CCCN(C)C(=O)C1=Cc2sccc2N=C(N)C1. The van der Waals surface area contributed by atoms with Crippen molar-refractivity contribution in [1.82, 2.24) is 4.90 Å². The molecule has 4 nitrogen and oxygen atoms in total. The maximum Gasteiger partial charge on any atom is 0.250 e. The molecule has 0 fully saturated rings. The van der Waals surface area contributed by atoms with Gasteiger partial charge in [0.1, 0.15) is 5.84 Å². The van der Waals surface area contributed by atoms with Crippen LogP contribution in [0.4, 0.5) is 5.69 Å². The molecule has 0 saturated heterocycles. The molecule has 2 heterocycles. The topological polar surface area (TPSA) is 58.7 Å². The highest BCUT2D eigenvalue weighted by atomic mass is 32.1. The second-order valence-corrected chi connectivity index (χ2v) is 5.29. The molecule has 18 heavy (non-hydrogen) atoms. The van der Waals surface area contributed by atoms with Gasteiger partial charge in [0.15, 0.2) is 0 Å². The molecule has 0 aromatic carbocycles. The molecule has 0 atom stereocenters. The summed E-state index contributed by atoms with van der Waals surface area (Å²) in [5.41, 5.74) is 7.43. The zero-order valence-corrected chi connectivity index (χ0v) is 11.5. The molecule has 1 amide bonds. The van der Waals surface area contributed by atoms with Crippen molar-refractivity contribution in [2.75, 3.05) is 13.6 Å². The Morgan fingerprint density at radius 3 is 3.11 bits per heavy atom. The van der Waals surface area contributed by atoms with E-state index in [4.69, 9.17) is 5.73 Å². The van der Waals surface area contributed by atoms with Crippen molar-refractivity contribution in [3.05, 3.63) is 21.9 Å². The van der Waals surface area contributed by atoms with Crippen LogP contribution in [0.15, 0.2) is 22.0 Å². The first-order valence-corrected chi connectivity index (χ1v) is 6.86. The van der Waals surface area contributed by atoms with Gasteiger partial charge in [-0.05, 0) is 23.9 Å². The van der Waals surface area contributed by atoms with Crippen LogP contribution in [0.2, 0.25) is 0 Å². The smallest absolute Gasteiger partial charge is 0.250 e. The van der Waals surface area contributed by atoms with Crippen molar-refractivity contribution in [2.45, 2.75) is 19.8 Å². The first-order chi connectivity index (χ1) is 8.61.